The number of alkyl halides is 3. The molecule has 0 spiro atoms. The summed E-state index contributed by atoms with van der Waals surface area (Å²) in [6.45, 7) is -0.375. The Morgan fingerprint density at radius 2 is 2.17 bits per heavy atom. The lowest BCUT2D eigenvalue weighted by Crippen LogP contribution is -2.32. The van der Waals surface area contributed by atoms with Crippen molar-refractivity contribution in [3.8, 4) is 0 Å². The quantitative estimate of drug-likeness (QED) is 0.879. The molecule has 1 aliphatic carbocycles. The van der Waals surface area contributed by atoms with Crippen molar-refractivity contribution in [3.05, 3.63) is 24.0 Å². The van der Waals surface area contributed by atoms with Gasteiger partial charge in [0, 0.05) is 25.8 Å². The van der Waals surface area contributed by atoms with E-state index in [0.29, 0.717) is 18.3 Å². The Morgan fingerprint density at radius 1 is 1.44 bits per heavy atom. The third kappa shape index (κ3) is 3.87. The Hall–Kier alpha value is -1.30. The summed E-state index contributed by atoms with van der Waals surface area (Å²) in [6, 6.07) is 2.29. The van der Waals surface area contributed by atoms with Crippen molar-refractivity contribution in [2.75, 3.05) is 18.5 Å². The van der Waals surface area contributed by atoms with Gasteiger partial charge in [-0.3, -0.25) is 4.98 Å². The van der Waals surface area contributed by atoms with Crippen LogP contribution in [0.4, 0.5) is 18.9 Å². The summed E-state index contributed by atoms with van der Waals surface area (Å²) in [5.41, 5.74) is 1.38. The predicted molar refractivity (Wildman–Crippen MR) is 63.4 cm³/mol. The zero-order chi connectivity index (χ0) is 13.2. The van der Waals surface area contributed by atoms with E-state index in [-0.39, 0.29) is 0 Å². The summed E-state index contributed by atoms with van der Waals surface area (Å²) < 4.78 is 37.1. The van der Waals surface area contributed by atoms with Crippen LogP contribution in [0.25, 0.3) is 0 Å². The number of aromatic nitrogens is 1. The lowest BCUT2D eigenvalue weighted by molar-refractivity contribution is -0.119. The van der Waals surface area contributed by atoms with Gasteiger partial charge in [-0.2, -0.15) is 13.2 Å². The Labute approximate surface area is 104 Å². The van der Waals surface area contributed by atoms with Gasteiger partial charge in [0.2, 0.25) is 0 Å². The topological polar surface area (TPSA) is 28.2 Å². The first-order valence-electron chi connectivity index (χ1n) is 5.90. The highest BCUT2D eigenvalue weighted by Crippen LogP contribution is 2.25. The average Bonchev–Trinajstić information content (AvgIpc) is 3.08. The van der Waals surface area contributed by atoms with Gasteiger partial charge in [-0.25, -0.2) is 0 Å². The lowest BCUT2D eigenvalue weighted by Gasteiger charge is -2.23. The first kappa shape index (κ1) is 13.1. The third-order valence-corrected chi connectivity index (χ3v) is 2.87. The maximum absolute atomic E-state index is 12.4. The van der Waals surface area contributed by atoms with E-state index in [2.05, 4.69) is 10.3 Å². The summed E-state index contributed by atoms with van der Waals surface area (Å²) in [5, 5.41) is 3.30. The van der Waals surface area contributed by atoms with E-state index >= 15 is 0 Å². The van der Waals surface area contributed by atoms with Gasteiger partial charge in [0.05, 0.1) is 11.9 Å². The number of halogens is 3. The molecule has 2 rings (SSSR count). The molecule has 1 aromatic heterocycles. The van der Waals surface area contributed by atoms with E-state index in [1.54, 1.807) is 12.3 Å². The van der Waals surface area contributed by atoms with Gasteiger partial charge < -0.3 is 10.2 Å². The number of hydrogen-bond donors (Lipinski definition) is 1. The minimum atomic E-state index is -4.20. The Morgan fingerprint density at radius 3 is 2.78 bits per heavy atom. The fraction of sp³-hybridized carbons (Fsp3) is 0.583. The maximum Gasteiger partial charge on any atom is 0.405 e. The van der Waals surface area contributed by atoms with Crippen molar-refractivity contribution in [1.82, 2.24) is 10.3 Å². The first-order valence-corrected chi connectivity index (χ1v) is 5.90. The fourth-order valence-electron chi connectivity index (χ4n) is 1.80. The van der Waals surface area contributed by atoms with Gasteiger partial charge in [-0.15, -0.1) is 0 Å². The van der Waals surface area contributed by atoms with Crippen LogP contribution in [0.3, 0.4) is 0 Å². The molecule has 6 heteroatoms. The van der Waals surface area contributed by atoms with Crippen LogP contribution < -0.4 is 10.2 Å². The lowest BCUT2D eigenvalue weighted by atomic mass is 10.2. The van der Waals surface area contributed by atoms with Crippen molar-refractivity contribution in [2.45, 2.75) is 31.6 Å². The van der Waals surface area contributed by atoms with Crippen LogP contribution in [0, 0.1) is 0 Å². The number of nitrogens with one attached hydrogen (secondary N) is 1. The van der Waals surface area contributed by atoms with E-state index in [0.717, 1.165) is 18.4 Å². The molecule has 0 amide bonds. The van der Waals surface area contributed by atoms with E-state index in [9.17, 15) is 13.2 Å². The molecule has 3 nitrogen and oxygen atoms in total. The maximum atomic E-state index is 12.4. The SMILES string of the molecule is CN(CC(F)(F)F)c1cnccc1CNC1CC1. The molecular weight excluding hydrogens is 243 g/mol. The monoisotopic (exact) mass is 259 g/mol. The van der Waals surface area contributed by atoms with Crippen LogP contribution in [0.5, 0.6) is 0 Å². The van der Waals surface area contributed by atoms with Crippen molar-refractivity contribution in [2.24, 2.45) is 0 Å². The van der Waals surface area contributed by atoms with Crippen LogP contribution in [-0.4, -0.2) is 30.8 Å². The molecule has 1 aromatic rings. The second-order valence-electron chi connectivity index (χ2n) is 4.63. The van der Waals surface area contributed by atoms with Crippen LogP contribution in [0.1, 0.15) is 18.4 Å². The number of hydrogen-bond acceptors (Lipinski definition) is 3. The summed E-state index contributed by atoms with van der Waals surface area (Å²) in [5.74, 6) is 0. The molecule has 1 aliphatic rings. The number of pyridine rings is 1. The molecule has 100 valence electrons. The molecule has 0 aliphatic heterocycles. The molecule has 0 unspecified atom stereocenters. The van der Waals surface area contributed by atoms with E-state index in [1.807, 2.05) is 0 Å². The van der Waals surface area contributed by atoms with Gasteiger partial charge in [-0.05, 0) is 24.5 Å². The highest BCUT2D eigenvalue weighted by molar-refractivity contribution is 5.51. The van der Waals surface area contributed by atoms with Crippen LogP contribution in [0.2, 0.25) is 0 Å². The molecular formula is C12H16F3N3. The molecule has 0 radical (unpaired) electrons. The predicted octanol–water partition coefficient (Wildman–Crippen LogP) is 2.33. The van der Waals surface area contributed by atoms with E-state index in [1.165, 1.54) is 18.1 Å². The molecule has 0 saturated heterocycles. The Balaban J connectivity index is 2.05. The largest absolute Gasteiger partial charge is 0.405 e. The van der Waals surface area contributed by atoms with Gasteiger partial charge in [0.25, 0.3) is 0 Å². The van der Waals surface area contributed by atoms with Crippen molar-refractivity contribution in [1.29, 1.82) is 0 Å². The molecule has 1 saturated carbocycles. The Kier molecular flexibility index (Phi) is 3.75. The fourth-order valence-corrected chi connectivity index (χ4v) is 1.80. The van der Waals surface area contributed by atoms with Crippen LogP contribution in [-0.2, 0) is 6.54 Å². The Bertz CT molecular complexity index is 402. The van der Waals surface area contributed by atoms with Crippen molar-refractivity contribution >= 4 is 5.69 Å². The molecule has 0 bridgehead atoms. The van der Waals surface area contributed by atoms with E-state index in [4.69, 9.17) is 0 Å². The highest BCUT2D eigenvalue weighted by Gasteiger charge is 2.30. The van der Waals surface area contributed by atoms with Gasteiger partial charge >= 0.3 is 6.18 Å². The van der Waals surface area contributed by atoms with Gasteiger partial charge in [0.15, 0.2) is 0 Å². The number of anilines is 1. The normalized spacial score (nSPS) is 15.8. The smallest absolute Gasteiger partial charge is 0.364 e. The van der Waals surface area contributed by atoms with Crippen LogP contribution in [0.15, 0.2) is 18.5 Å². The molecule has 0 atom stereocenters. The number of rotatable bonds is 5. The summed E-state index contributed by atoms with van der Waals surface area (Å²) in [4.78, 5) is 5.09. The average molecular weight is 259 g/mol. The highest BCUT2D eigenvalue weighted by atomic mass is 19.4. The van der Waals surface area contributed by atoms with Crippen LogP contribution >= 0.6 is 0 Å². The molecule has 18 heavy (non-hydrogen) atoms. The molecule has 1 N–H and O–H groups in total. The molecule has 1 fully saturated rings. The summed E-state index contributed by atoms with van der Waals surface area (Å²) >= 11 is 0. The second kappa shape index (κ2) is 5.14. The minimum Gasteiger partial charge on any atom is -0.364 e. The van der Waals surface area contributed by atoms with Crippen molar-refractivity contribution in [3.63, 3.8) is 0 Å². The van der Waals surface area contributed by atoms with E-state index < -0.39 is 12.7 Å². The first-order chi connectivity index (χ1) is 8.46. The van der Waals surface area contributed by atoms with Gasteiger partial charge in [0.1, 0.15) is 6.54 Å². The summed E-state index contributed by atoms with van der Waals surface area (Å²) in [6.07, 6.45) is 1.19. The third-order valence-electron chi connectivity index (χ3n) is 2.87. The summed E-state index contributed by atoms with van der Waals surface area (Å²) in [7, 11) is 1.44. The zero-order valence-electron chi connectivity index (χ0n) is 10.2. The zero-order valence-corrected chi connectivity index (χ0v) is 10.2. The minimum absolute atomic E-state index is 0.527. The standard InChI is InChI=1S/C12H16F3N3/c1-18(8-12(13,14)15)11-7-16-5-4-9(11)6-17-10-2-3-10/h4-5,7,10,17H,2-3,6,8H2,1H3. The molecule has 0 aromatic carbocycles. The van der Waals surface area contributed by atoms with Gasteiger partial charge in [-0.1, -0.05) is 0 Å². The molecule has 1 heterocycles. The second-order valence-corrected chi connectivity index (χ2v) is 4.63. The number of nitrogens with zero attached hydrogens (tertiary/aromatic N) is 2. The van der Waals surface area contributed by atoms with Crippen molar-refractivity contribution < 1.29 is 13.2 Å².